The first-order chi connectivity index (χ1) is 10.2. The summed E-state index contributed by atoms with van der Waals surface area (Å²) < 4.78 is 1.96. The number of benzene rings is 1. The molecule has 0 atom stereocenters. The second kappa shape index (κ2) is 5.72. The molecular formula is C17H21N3O. The Hall–Kier alpha value is -2.10. The maximum atomic E-state index is 12.3. The Morgan fingerprint density at radius 1 is 1.29 bits per heavy atom. The number of nitrogens with one attached hydrogen (secondary N) is 1. The molecule has 1 aliphatic rings. The van der Waals surface area contributed by atoms with Crippen molar-refractivity contribution in [3.8, 4) is 5.69 Å². The Bertz CT molecular complexity index is 595. The second-order valence-corrected chi connectivity index (χ2v) is 6.09. The van der Waals surface area contributed by atoms with E-state index in [1.165, 1.54) is 12.8 Å². The van der Waals surface area contributed by atoms with E-state index in [0.717, 1.165) is 24.1 Å². The maximum absolute atomic E-state index is 12.3. The number of hydrogen-bond acceptors (Lipinski definition) is 2. The monoisotopic (exact) mass is 283 g/mol. The molecule has 1 N–H and O–H groups in total. The van der Waals surface area contributed by atoms with Gasteiger partial charge in [-0.2, -0.15) is 0 Å². The average Bonchev–Trinajstić information content (AvgIpc) is 3.17. The van der Waals surface area contributed by atoms with Crippen molar-refractivity contribution in [2.75, 3.05) is 0 Å². The summed E-state index contributed by atoms with van der Waals surface area (Å²) in [6.45, 7) is 2.68. The minimum absolute atomic E-state index is 0.156. The van der Waals surface area contributed by atoms with E-state index < -0.39 is 0 Å². The lowest BCUT2D eigenvalue weighted by Gasteiger charge is -2.22. The number of nitrogens with zero attached hydrogens (tertiary/aromatic N) is 2. The van der Waals surface area contributed by atoms with E-state index in [0.29, 0.717) is 6.54 Å². The summed E-state index contributed by atoms with van der Waals surface area (Å²) in [4.78, 5) is 16.3. The van der Waals surface area contributed by atoms with Crippen LogP contribution in [0.2, 0.25) is 0 Å². The number of carbonyl (C=O) groups excluding carboxylic acids is 1. The van der Waals surface area contributed by atoms with Crippen LogP contribution in [0.1, 0.15) is 38.2 Å². The quantitative estimate of drug-likeness (QED) is 0.937. The summed E-state index contributed by atoms with van der Waals surface area (Å²) >= 11 is 0. The van der Waals surface area contributed by atoms with Gasteiger partial charge in [0.15, 0.2) is 0 Å². The van der Waals surface area contributed by atoms with Crippen LogP contribution in [-0.2, 0) is 11.3 Å². The fraction of sp³-hybridized carbons (Fsp3) is 0.412. The van der Waals surface area contributed by atoms with E-state index >= 15 is 0 Å². The molecule has 0 saturated heterocycles. The molecule has 1 heterocycles. The molecule has 4 heteroatoms. The molecule has 1 fully saturated rings. The molecule has 1 aliphatic carbocycles. The normalized spacial score (nSPS) is 16.8. The zero-order valence-corrected chi connectivity index (χ0v) is 12.4. The molecule has 21 heavy (non-hydrogen) atoms. The Kier molecular flexibility index (Phi) is 3.78. The van der Waals surface area contributed by atoms with Gasteiger partial charge >= 0.3 is 0 Å². The van der Waals surface area contributed by atoms with Gasteiger partial charge in [0.25, 0.3) is 0 Å². The van der Waals surface area contributed by atoms with Crippen molar-refractivity contribution >= 4 is 5.91 Å². The predicted molar refractivity (Wildman–Crippen MR) is 82.0 cm³/mol. The van der Waals surface area contributed by atoms with E-state index in [-0.39, 0.29) is 11.3 Å². The Balaban J connectivity index is 1.60. The van der Waals surface area contributed by atoms with Crippen molar-refractivity contribution in [2.45, 2.75) is 39.2 Å². The zero-order valence-electron chi connectivity index (χ0n) is 12.4. The van der Waals surface area contributed by atoms with E-state index in [9.17, 15) is 4.79 Å². The number of imidazole rings is 1. The van der Waals surface area contributed by atoms with Gasteiger partial charge in [-0.3, -0.25) is 4.79 Å². The van der Waals surface area contributed by atoms with Crippen LogP contribution in [0.4, 0.5) is 0 Å². The highest BCUT2D eigenvalue weighted by atomic mass is 16.2. The van der Waals surface area contributed by atoms with Crippen LogP contribution in [0.25, 0.3) is 5.69 Å². The van der Waals surface area contributed by atoms with Crippen LogP contribution in [0.5, 0.6) is 0 Å². The molecule has 1 amide bonds. The second-order valence-electron chi connectivity index (χ2n) is 6.09. The fourth-order valence-electron chi connectivity index (χ4n) is 2.98. The molecule has 0 unspecified atom stereocenters. The Morgan fingerprint density at radius 3 is 2.62 bits per heavy atom. The third kappa shape index (κ3) is 2.99. The van der Waals surface area contributed by atoms with Crippen molar-refractivity contribution < 1.29 is 4.79 Å². The first-order valence-electron chi connectivity index (χ1n) is 7.53. The molecule has 110 valence electrons. The van der Waals surface area contributed by atoms with E-state index in [1.807, 2.05) is 35.0 Å². The third-order valence-corrected chi connectivity index (χ3v) is 4.45. The number of aromatic nitrogens is 2. The lowest BCUT2D eigenvalue weighted by molar-refractivity contribution is -0.130. The Labute approximate surface area is 125 Å². The van der Waals surface area contributed by atoms with Crippen molar-refractivity contribution in [3.63, 3.8) is 0 Å². The molecule has 1 aromatic heterocycles. The van der Waals surface area contributed by atoms with Crippen LogP contribution >= 0.6 is 0 Å². The van der Waals surface area contributed by atoms with Crippen LogP contribution in [0.3, 0.4) is 0 Å². The van der Waals surface area contributed by atoms with Gasteiger partial charge in [-0.1, -0.05) is 31.9 Å². The zero-order chi connectivity index (χ0) is 14.7. The molecule has 4 nitrogen and oxygen atoms in total. The largest absolute Gasteiger partial charge is 0.352 e. The Morgan fingerprint density at radius 2 is 2.00 bits per heavy atom. The molecular weight excluding hydrogens is 262 g/mol. The van der Waals surface area contributed by atoms with Gasteiger partial charge in [0.2, 0.25) is 5.91 Å². The smallest absolute Gasteiger partial charge is 0.226 e. The summed E-state index contributed by atoms with van der Waals surface area (Å²) in [5.41, 5.74) is 2.04. The minimum Gasteiger partial charge on any atom is -0.352 e. The van der Waals surface area contributed by atoms with Gasteiger partial charge in [0, 0.05) is 30.0 Å². The number of carbonyl (C=O) groups is 1. The summed E-state index contributed by atoms with van der Waals surface area (Å²) in [7, 11) is 0. The first kappa shape index (κ1) is 13.9. The topological polar surface area (TPSA) is 46.9 Å². The summed E-state index contributed by atoms with van der Waals surface area (Å²) in [6, 6.07) is 8.18. The lowest BCUT2D eigenvalue weighted by Crippen LogP contribution is -2.36. The third-order valence-electron chi connectivity index (χ3n) is 4.45. The van der Waals surface area contributed by atoms with Crippen LogP contribution in [-0.4, -0.2) is 15.5 Å². The maximum Gasteiger partial charge on any atom is 0.226 e. The highest BCUT2D eigenvalue weighted by molar-refractivity contribution is 5.82. The van der Waals surface area contributed by atoms with Gasteiger partial charge in [0.1, 0.15) is 0 Å². The van der Waals surface area contributed by atoms with E-state index in [1.54, 1.807) is 12.5 Å². The van der Waals surface area contributed by atoms with Crippen molar-refractivity contribution in [1.29, 1.82) is 0 Å². The van der Waals surface area contributed by atoms with Gasteiger partial charge in [-0.15, -0.1) is 0 Å². The molecule has 0 radical (unpaired) electrons. The highest BCUT2D eigenvalue weighted by Crippen LogP contribution is 2.37. The molecule has 0 bridgehead atoms. The number of amides is 1. The minimum atomic E-state index is -0.156. The van der Waals surface area contributed by atoms with Gasteiger partial charge in [-0.05, 0) is 30.5 Å². The molecule has 3 rings (SSSR count). The molecule has 1 aromatic carbocycles. The van der Waals surface area contributed by atoms with Crippen LogP contribution in [0.15, 0.2) is 43.0 Å². The highest BCUT2D eigenvalue weighted by Gasteiger charge is 2.35. The van der Waals surface area contributed by atoms with E-state index in [4.69, 9.17) is 0 Å². The average molecular weight is 283 g/mol. The summed E-state index contributed by atoms with van der Waals surface area (Å²) in [5, 5.41) is 3.08. The standard InChI is InChI=1S/C17H21N3O/c1-17(8-2-3-9-17)16(21)19-12-14-4-6-15(7-5-14)20-11-10-18-13-20/h4-7,10-11,13H,2-3,8-9,12H2,1H3,(H,19,21). The van der Waals surface area contributed by atoms with Crippen molar-refractivity contribution in [1.82, 2.24) is 14.9 Å². The van der Waals surface area contributed by atoms with Crippen LogP contribution in [0, 0.1) is 5.41 Å². The molecule has 2 aromatic rings. The van der Waals surface area contributed by atoms with E-state index in [2.05, 4.69) is 17.2 Å². The lowest BCUT2D eigenvalue weighted by atomic mass is 9.88. The summed E-state index contributed by atoms with van der Waals surface area (Å²) in [5.74, 6) is 0.193. The van der Waals surface area contributed by atoms with Gasteiger partial charge < -0.3 is 9.88 Å². The molecule has 0 spiro atoms. The van der Waals surface area contributed by atoms with Crippen molar-refractivity contribution in [2.24, 2.45) is 5.41 Å². The SMILES string of the molecule is CC1(C(=O)NCc2ccc(-n3ccnc3)cc2)CCCC1. The summed E-state index contributed by atoms with van der Waals surface area (Å²) in [6.07, 6.45) is 9.82. The number of rotatable bonds is 4. The fourth-order valence-corrected chi connectivity index (χ4v) is 2.98. The predicted octanol–water partition coefficient (Wildman–Crippen LogP) is 3.07. The van der Waals surface area contributed by atoms with Gasteiger partial charge in [0.05, 0.1) is 6.33 Å². The van der Waals surface area contributed by atoms with Gasteiger partial charge in [-0.25, -0.2) is 4.98 Å². The number of hydrogen-bond donors (Lipinski definition) is 1. The molecule has 0 aliphatic heterocycles. The van der Waals surface area contributed by atoms with Crippen LogP contribution < -0.4 is 5.32 Å². The van der Waals surface area contributed by atoms with Crippen molar-refractivity contribution in [3.05, 3.63) is 48.5 Å². The first-order valence-corrected chi connectivity index (χ1v) is 7.53. The molecule has 1 saturated carbocycles.